The summed E-state index contributed by atoms with van der Waals surface area (Å²) in [5.41, 5.74) is 0.428. The molecule has 1 unspecified atom stereocenters. The zero-order chi connectivity index (χ0) is 16.6. The van der Waals surface area contributed by atoms with Gasteiger partial charge in [0.15, 0.2) is 5.54 Å². The molecule has 0 fully saturated rings. The van der Waals surface area contributed by atoms with E-state index in [1.807, 2.05) is 11.4 Å². The summed E-state index contributed by atoms with van der Waals surface area (Å²) in [6.07, 6.45) is 4.03. The molecule has 2 aromatic rings. The number of hydrogen-bond acceptors (Lipinski definition) is 5. The molecule has 3 rings (SSSR count). The third-order valence-electron chi connectivity index (χ3n) is 3.86. The zero-order valence-electron chi connectivity index (χ0n) is 12.8. The highest BCUT2D eigenvalue weighted by Crippen LogP contribution is 2.39. The number of carbonyl (C=O) groups is 2. The Morgan fingerprint density at radius 1 is 1.48 bits per heavy atom. The van der Waals surface area contributed by atoms with Gasteiger partial charge in [0.05, 0.1) is 11.9 Å². The van der Waals surface area contributed by atoms with Crippen LogP contribution in [-0.2, 0) is 21.5 Å². The Labute approximate surface area is 141 Å². The molecule has 0 bridgehead atoms. The summed E-state index contributed by atoms with van der Waals surface area (Å²) >= 11 is 3.32. The largest absolute Gasteiger partial charge is 0.479 e. The van der Waals surface area contributed by atoms with Gasteiger partial charge in [0, 0.05) is 11.1 Å². The molecule has 6 nitrogen and oxygen atoms in total. The molecule has 8 heteroatoms. The topological polar surface area (TPSA) is 84.2 Å². The second kappa shape index (κ2) is 6.01. The van der Waals surface area contributed by atoms with Crippen molar-refractivity contribution in [2.24, 2.45) is 0 Å². The Balaban J connectivity index is 1.75. The van der Waals surface area contributed by atoms with Crippen LogP contribution in [0.2, 0.25) is 0 Å². The Kier molecular flexibility index (Phi) is 4.20. The Bertz CT molecular complexity index is 751. The van der Waals surface area contributed by atoms with Crippen molar-refractivity contribution in [2.45, 2.75) is 31.1 Å². The van der Waals surface area contributed by atoms with Crippen molar-refractivity contribution in [1.29, 1.82) is 0 Å². The number of amides is 1. The van der Waals surface area contributed by atoms with E-state index in [4.69, 9.17) is 0 Å². The van der Waals surface area contributed by atoms with Gasteiger partial charge in [-0.05, 0) is 43.0 Å². The maximum atomic E-state index is 12.5. The molecule has 1 aliphatic rings. The summed E-state index contributed by atoms with van der Waals surface area (Å²) in [6.45, 7) is 3.12. The molecule has 0 saturated heterocycles. The number of nitrogens with zero attached hydrogens (tertiary/aromatic N) is 2. The van der Waals surface area contributed by atoms with Crippen LogP contribution in [0.5, 0.6) is 0 Å². The highest BCUT2D eigenvalue weighted by atomic mass is 32.2. The Morgan fingerprint density at radius 2 is 2.26 bits per heavy atom. The van der Waals surface area contributed by atoms with Crippen LogP contribution >= 0.6 is 23.1 Å². The van der Waals surface area contributed by atoms with Gasteiger partial charge in [-0.1, -0.05) is 0 Å². The Morgan fingerprint density at radius 3 is 3.00 bits per heavy atom. The van der Waals surface area contributed by atoms with Crippen LogP contribution in [0, 0.1) is 0 Å². The third kappa shape index (κ3) is 3.00. The molecule has 0 aromatic carbocycles. The van der Waals surface area contributed by atoms with Crippen molar-refractivity contribution < 1.29 is 14.7 Å². The number of carboxylic acid groups (broad SMARTS) is 1. The van der Waals surface area contributed by atoms with Crippen molar-refractivity contribution in [3.05, 3.63) is 34.3 Å². The van der Waals surface area contributed by atoms with Gasteiger partial charge in [-0.15, -0.1) is 23.1 Å². The number of carbonyl (C=O) groups excluding carboxylic acids is 1. The molecule has 0 spiro atoms. The molecule has 3 heterocycles. The monoisotopic (exact) mass is 351 g/mol. The van der Waals surface area contributed by atoms with Gasteiger partial charge in [-0.25, -0.2) is 4.79 Å². The van der Waals surface area contributed by atoms with Gasteiger partial charge in [0.25, 0.3) is 0 Å². The van der Waals surface area contributed by atoms with Gasteiger partial charge >= 0.3 is 5.97 Å². The molecule has 122 valence electrons. The molecular weight excluding hydrogens is 334 g/mol. The number of thioether (sulfide) groups is 1. The van der Waals surface area contributed by atoms with E-state index in [-0.39, 0.29) is 11.2 Å². The van der Waals surface area contributed by atoms with E-state index in [9.17, 15) is 14.7 Å². The van der Waals surface area contributed by atoms with Crippen LogP contribution < -0.4 is 5.32 Å². The van der Waals surface area contributed by atoms with Crippen molar-refractivity contribution in [3.63, 3.8) is 0 Å². The predicted molar refractivity (Wildman–Crippen MR) is 91.0 cm³/mol. The highest BCUT2D eigenvalue weighted by Gasteiger charge is 2.31. The van der Waals surface area contributed by atoms with Gasteiger partial charge in [-0.3, -0.25) is 9.48 Å². The quantitative estimate of drug-likeness (QED) is 0.885. The van der Waals surface area contributed by atoms with Crippen LogP contribution in [0.25, 0.3) is 0 Å². The van der Waals surface area contributed by atoms with Gasteiger partial charge in [-0.2, -0.15) is 5.10 Å². The summed E-state index contributed by atoms with van der Waals surface area (Å²) in [5.74, 6) is -0.150. The van der Waals surface area contributed by atoms with Crippen LogP contribution in [0.3, 0.4) is 0 Å². The number of anilines is 1. The van der Waals surface area contributed by atoms with Crippen LogP contribution in [0.1, 0.15) is 29.5 Å². The van der Waals surface area contributed by atoms with Gasteiger partial charge < -0.3 is 10.4 Å². The predicted octanol–water partition coefficient (Wildman–Crippen LogP) is 2.73. The number of aryl methyl sites for hydroxylation is 1. The standard InChI is InChI=1S/C15H17N3O3S2/c1-15(2,14(20)21)18-8-9(7-16-18)17-13(19)12-10-3-5-22-11(10)4-6-23-12/h3,5,7-8,12H,4,6H2,1-2H3,(H,17,19)(H,20,21). The normalized spacial score (nSPS) is 17.6. The number of aromatic nitrogens is 2. The van der Waals surface area contributed by atoms with E-state index in [2.05, 4.69) is 10.4 Å². The number of hydrogen-bond donors (Lipinski definition) is 2. The molecule has 0 saturated carbocycles. The first-order valence-electron chi connectivity index (χ1n) is 7.17. The van der Waals surface area contributed by atoms with Crippen molar-refractivity contribution in [2.75, 3.05) is 11.1 Å². The Hall–Kier alpha value is -1.80. The molecule has 0 aliphatic carbocycles. The van der Waals surface area contributed by atoms with Crippen LogP contribution in [0.15, 0.2) is 23.8 Å². The fourth-order valence-corrected chi connectivity index (χ4v) is 4.66. The maximum absolute atomic E-state index is 12.5. The van der Waals surface area contributed by atoms with E-state index in [1.165, 1.54) is 15.8 Å². The second-order valence-electron chi connectivity index (χ2n) is 5.83. The van der Waals surface area contributed by atoms with Gasteiger partial charge in [0.2, 0.25) is 5.91 Å². The first-order chi connectivity index (χ1) is 10.9. The summed E-state index contributed by atoms with van der Waals surface area (Å²) in [4.78, 5) is 25.1. The second-order valence-corrected chi connectivity index (χ2v) is 8.04. The van der Waals surface area contributed by atoms with Crippen molar-refractivity contribution in [3.8, 4) is 0 Å². The van der Waals surface area contributed by atoms with E-state index in [0.717, 1.165) is 17.7 Å². The molecule has 1 atom stereocenters. The number of rotatable bonds is 4. The molecule has 23 heavy (non-hydrogen) atoms. The minimum Gasteiger partial charge on any atom is -0.479 e. The lowest BCUT2D eigenvalue weighted by atomic mass is 10.1. The first-order valence-corrected chi connectivity index (χ1v) is 9.09. The smallest absolute Gasteiger partial charge is 0.331 e. The summed E-state index contributed by atoms with van der Waals surface area (Å²) in [6, 6.07) is 2.01. The summed E-state index contributed by atoms with van der Waals surface area (Å²) in [5, 5.41) is 17.9. The molecule has 0 radical (unpaired) electrons. The number of fused-ring (bicyclic) bond motifs is 1. The number of aliphatic carboxylic acids is 1. The maximum Gasteiger partial charge on any atom is 0.331 e. The zero-order valence-corrected chi connectivity index (χ0v) is 14.4. The SMILES string of the molecule is CC(C)(C(=O)O)n1cc(NC(=O)C2SCCc3sccc32)cn1. The molecule has 1 aliphatic heterocycles. The lowest BCUT2D eigenvalue weighted by Gasteiger charge is -2.21. The van der Waals surface area contributed by atoms with Crippen LogP contribution in [0.4, 0.5) is 5.69 Å². The number of carboxylic acids is 1. The van der Waals surface area contributed by atoms with Crippen LogP contribution in [-0.4, -0.2) is 32.5 Å². The lowest BCUT2D eigenvalue weighted by molar-refractivity contribution is -0.146. The molecule has 2 N–H and O–H groups in total. The minimum atomic E-state index is -1.16. The first kappa shape index (κ1) is 16.1. The van der Waals surface area contributed by atoms with Crippen molar-refractivity contribution >= 4 is 40.7 Å². The number of thiophene rings is 1. The minimum absolute atomic E-state index is 0.0953. The fraction of sp³-hybridized carbons (Fsp3) is 0.400. The average molecular weight is 351 g/mol. The van der Waals surface area contributed by atoms with E-state index < -0.39 is 11.5 Å². The van der Waals surface area contributed by atoms with Gasteiger partial charge in [0.1, 0.15) is 5.25 Å². The van der Waals surface area contributed by atoms with E-state index in [0.29, 0.717) is 5.69 Å². The highest BCUT2D eigenvalue weighted by molar-refractivity contribution is 8.00. The lowest BCUT2D eigenvalue weighted by Crippen LogP contribution is -2.35. The average Bonchev–Trinajstić information content (AvgIpc) is 3.15. The molecule has 1 amide bonds. The van der Waals surface area contributed by atoms with E-state index >= 15 is 0 Å². The third-order valence-corrected chi connectivity index (χ3v) is 6.10. The fourth-order valence-electron chi connectivity index (χ4n) is 2.36. The summed E-state index contributed by atoms with van der Waals surface area (Å²) < 4.78 is 1.34. The molecular formula is C15H17N3O3S2. The number of nitrogens with one attached hydrogen (secondary N) is 1. The van der Waals surface area contributed by atoms with E-state index in [1.54, 1.807) is 43.1 Å². The molecule has 2 aromatic heterocycles. The summed E-state index contributed by atoms with van der Waals surface area (Å²) in [7, 11) is 0. The van der Waals surface area contributed by atoms with Crippen molar-refractivity contribution in [1.82, 2.24) is 9.78 Å².